The van der Waals surface area contributed by atoms with Crippen LogP contribution >= 0.6 is 12.2 Å². The van der Waals surface area contributed by atoms with Crippen LogP contribution in [0.2, 0.25) is 0 Å². The van der Waals surface area contributed by atoms with E-state index in [2.05, 4.69) is 11.8 Å². The van der Waals surface area contributed by atoms with Crippen LogP contribution in [0, 0.1) is 5.92 Å². The Balaban J connectivity index is 1.90. The Labute approximate surface area is 127 Å². The van der Waals surface area contributed by atoms with E-state index in [4.69, 9.17) is 18.0 Å². The highest BCUT2D eigenvalue weighted by atomic mass is 32.2. The van der Waals surface area contributed by atoms with Gasteiger partial charge in [-0.2, -0.15) is 17.0 Å². The van der Waals surface area contributed by atoms with Gasteiger partial charge in [-0.3, -0.25) is 4.90 Å². The van der Waals surface area contributed by atoms with E-state index in [1.165, 1.54) is 0 Å². The summed E-state index contributed by atoms with van der Waals surface area (Å²) < 4.78 is 28.3. The topological polar surface area (TPSA) is 69.9 Å². The molecule has 2 aliphatic rings. The summed E-state index contributed by atoms with van der Waals surface area (Å²) in [5.74, 6) is 0.629. The number of piperazine rings is 1. The zero-order chi connectivity index (χ0) is 14.8. The molecule has 2 fully saturated rings. The van der Waals surface area contributed by atoms with Crippen LogP contribution in [0.5, 0.6) is 0 Å². The highest BCUT2D eigenvalue weighted by Gasteiger charge is 2.33. The van der Waals surface area contributed by atoms with E-state index in [-0.39, 0.29) is 0 Å². The van der Waals surface area contributed by atoms with E-state index < -0.39 is 10.2 Å². The molecule has 0 aliphatic carbocycles. The van der Waals surface area contributed by atoms with Gasteiger partial charge in [0.1, 0.15) is 0 Å². The molecule has 0 aromatic carbocycles. The first-order valence-corrected chi connectivity index (χ1v) is 8.96. The van der Waals surface area contributed by atoms with E-state index in [1.807, 2.05) is 0 Å². The molecule has 0 unspecified atom stereocenters. The summed E-state index contributed by atoms with van der Waals surface area (Å²) in [6, 6.07) is 0. The average molecular weight is 320 g/mol. The van der Waals surface area contributed by atoms with E-state index >= 15 is 0 Å². The Morgan fingerprint density at radius 1 is 1.10 bits per heavy atom. The highest BCUT2D eigenvalue weighted by Crippen LogP contribution is 2.21. The van der Waals surface area contributed by atoms with Crippen molar-refractivity contribution in [3.8, 4) is 0 Å². The van der Waals surface area contributed by atoms with Gasteiger partial charge in [-0.1, -0.05) is 19.1 Å². The normalized spacial score (nSPS) is 24.9. The molecule has 0 spiro atoms. The minimum atomic E-state index is -3.28. The van der Waals surface area contributed by atoms with Gasteiger partial charge >= 0.3 is 0 Å². The maximum atomic E-state index is 12.6. The first kappa shape index (κ1) is 16.1. The molecule has 2 saturated heterocycles. The Hall–Kier alpha value is -0.280. The average Bonchev–Trinajstić information content (AvgIpc) is 2.39. The van der Waals surface area contributed by atoms with Crippen molar-refractivity contribution in [2.24, 2.45) is 11.7 Å². The van der Waals surface area contributed by atoms with Gasteiger partial charge in [-0.15, -0.1) is 0 Å². The molecule has 0 amide bonds. The first-order chi connectivity index (χ1) is 9.39. The predicted octanol–water partition coefficient (Wildman–Crippen LogP) is -0.133. The van der Waals surface area contributed by atoms with Gasteiger partial charge in [0, 0.05) is 45.8 Å². The van der Waals surface area contributed by atoms with Gasteiger partial charge in [-0.25, -0.2) is 0 Å². The van der Waals surface area contributed by atoms with Crippen molar-refractivity contribution in [2.45, 2.75) is 19.8 Å². The van der Waals surface area contributed by atoms with E-state index in [0.717, 1.165) is 12.8 Å². The molecule has 20 heavy (non-hydrogen) atoms. The summed E-state index contributed by atoms with van der Waals surface area (Å²) in [6.45, 7) is 6.49. The maximum absolute atomic E-state index is 12.6. The second-order valence-electron chi connectivity index (χ2n) is 5.73. The Bertz CT molecular complexity index is 438. The molecule has 2 N–H and O–H groups in total. The lowest BCUT2D eigenvalue weighted by Crippen LogP contribution is -2.55. The fraction of sp³-hybridized carbons (Fsp3) is 0.917. The summed E-state index contributed by atoms with van der Waals surface area (Å²) in [4.78, 5) is 2.57. The second kappa shape index (κ2) is 6.65. The second-order valence-corrected chi connectivity index (χ2v) is 8.18. The number of thiocarbonyl (C=S) groups is 1. The molecule has 2 heterocycles. The highest BCUT2D eigenvalue weighted by molar-refractivity contribution is 7.86. The Morgan fingerprint density at radius 3 is 2.10 bits per heavy atom. The van der Waals surface area contributed by atoms with E-state index in [9.17, 15) is 8.42 Å². The molecule has 0 aromatic rings. The quantitative estimate of drug-likeness (QED) is 0.731. The molecule has 2 aliphatic heterocycles. The molecule has 0 radical (unpaired) electrons. The molecule has 116 valence electrons. The SMILES string of the molecule is CC1CCN(S(=O)(=O)N2CCN(CC(N)=S)CC2)CC1. The molecular formula is C12H24N4O2S2. The Kier molecular flexibility index (Phi) is 5.36. The van der Waals surface area contributed by atoms with Gasteiger partial charge in [0.25, 0.3) is 10.2 Å². The number of piperidine rings is 1. The van der Waals surface area contributed by atoms with Crippen LogP contribution in [0.25, 0.3) is 0 Å². The van der Waals surface area contributed by atoms with Crippen LogP contribution < -0.4 is 5.73 Å². The number of nitrogens with two attached hydrogens (primary N) is 1. The molecule has 0 aromatic heterocycles. The van der Waals surface area contributed by atoms with Crippen molar-refractivity contribution in [3.05, 3.63) is 0 Å². The summed E-state index contributed by atoms with van der Waals surface area (Å²) in [7, 11) is -3.28. The molecule has 8 heteroatoms. The van der Waals surface area contributed by atoms with Crippen LogP contribution in [0.3, 0.4) is 0 Å². The zero-order valence-electron chi connectivity index (χ0n) is 12.0. The Morgan fingerprint density at radius 2 is 1.60 bits per heavy atom. The van der Waals surface area contributed by atoms with E-state index in [1.54, 1.807) is 8.61 Å². The number of hydrogen-bond acceptors (Lipinski definition) is 4. The van der Waals surface area contributed by atoms with Crippen LogP contribution in [-0.4, -0.2) is 72.7 Å². The standard InChI is InChI=1S/C12H24N4O2S2/c1-11-2-4-15(5-3-11)20(17,18)16-8-6-14(7-9-16)10-12(13)19/h11H,2-10H2,1H3,(H2,13,19). The zero-order valence-corrected chi connectivity index (χ0v) is 13.6. The van der Waals surface area contributed by atoms with Crippen LogP contribution in [-0.2, 0) is 10.2 Å². The van der Waals surface area contributed by atoms with Crippen molar-refractivity contribution in [2.75, 3.05) is 45.8 Å². The minimum absolute atomic E-state index is 0.464. The third-order valence-corrected chi connectivity index (χ3v) is 6.27. The predicted molar refractivity (Wildman–Crippen MR) is 83.7 cm³/mol. The lowest BCUT2D eigenvalue weighted by molar-refractivity contribution is 0.193. The van der Waals surface area contributed by atoms with Gasteiger partial charge in [0.05, 0.1) is 4.99 Å². The van der Waals surface area contributed by atoms with Crippen molar-refractivity contribution < 1.29 is 8.42 Å². The molecule has 0 bridgehead atoms. The lowest BCUT2D eigenvalue weighted by atomic mass is 10.0. The third kappa shape index (κ3) is 3.88. The van der Waals surface area contributed by atoms with Crippen molar-refractivity contribution in [1.82, 2.24) is 13.5 Å². The van der Waals surface area contributed by atoms with Gasteiger partial charge in [0.2, 0.25) is 0 Å². The third-order valence-electron chi connectivity index (χ3n) is 4.11. The summed E-state index contributed by atoms with van der Waals surface area (Å²) in [5, 5.41) is 0. The smallest absolute Gasteiger partial charge is 0.282 e. The van der Waals surface area contributed by atoms with Crippen molar-refractivity contribution >= 4 is 27.4 Å². The number of rotatable bonds is 4. The molecular weight excluding hydrogens is 296 g/mol. The fourth-order valence-electron chi connectivity index (χ4n) is 2.72. The van der Waals surface area contributed by atoms with Crippen LogP contribution in [0.4, 0.5) is 0 Å². The molecule has 0 saturated carbocycles. The van der Waals surface area contributed by atoms with Gasteiger partial charge in [-0.05, 0) is 18.8 Å². The van der Waals surface area contributed by atoms with Gasteiger partial charge < -0.3 is 5.73 Å². The first-order valence-electron chi connectivity index (χ1n) is 7.15. The molecule has 0 atom stereocenters. The van der Waals surface area contributed by atoms with E-state index in [0.29, 0.717) is 56.7 Å². The molecule has 2 rings (SSSR count). The monoisotopic (exact) mass is 320 g/mol. The van der Waals surface area contributed by atoms with Gasteiger partial charge in [0.15, 0.2) is 0 Å². The molecule has 6 nitrogen and oxygen atoms in total. The maximum Gasteiger partial charge on any atom is 0.282 e. The summed E-state index contributed by atoms with van der Waals surface area (Å²) in [5.41, 5.74) is 5.52. The van der Waals surface area contributed by atoms with Crippen molar-refractivity contribution in [3.63, 3.8) is 0 Å². The number of nitrogens with zero attached hydrogens (tertiary/aromatic N) is 3. The number of hydrogen-bond donors (Lipinski definition) is 1. The fourth-order valence-corrected chi connectivity index (χ4v) is 4.52. The van der Waals surface area contributed by atoms with Crippen LogP contribution in [0.15, 0.2) is 0 Å². The summed E-state index contributed by atoms with van der Waals surface area (Å²) in [6.07, 6.45) is 1.92. The largest absolute Gasteiger partial charge is 0.392 e. The summed E-state index contributed by atoms with van der Waals surface area (Å²) >= 11 is 4.89. The minimum Gasteiger partial charge on any atom is -0.392 e. The lowest BCUT2D eigenvalue weighted by Gasteiger charge is -2.38. The van der Waals surface area contributed by atoms with Crippen LogP contribution in [0.1, 0.15) is 19.8 Å². The van der Waals surface area contributed by atoms with Crippen molar-refractivity contribution in [1.29, 1.82) is 0 Å².